The van der Waals surface area contributed by atoms with Crippen LogP contribution < -0.4 is 5.32 Å². The van der Waals surface area contributed by atoms with E-state index in [1.807, 2.05) is 0 Å². The normalized spacial score (nSPS) is 10.7. The van der Waals surface area contributed by atoms with Crippen molar-refractivity contribution in [2.75, 3.05) is 5.32 Å². The number of pyridine rings is 2. The van der Waals surface area contributed by atoms with E-state index in [1.165, 1.54) is 40.5 Å². The van der Waals surface area contributed by atoms with Gasteiger partial charge in [-0.2, -0.15) is 4.68 Å². The summed E-state index contributed by atoms with van der Waals surface area (Å²) in [6, 6.07) is 7.79. The summed E-state index contributed by atoms with van der Waals surface area (Å²) in [6.45, 7) is 0. The van der Waals surface area contributed by atoms with Crippen LogP contribution in [-0.2, 0) is 0 Å². The monoisotopic (exact) mass is 367 g/mol. The van der Waals surface area contributed by atoms with Crippen molar-refractivity contribution in [3.05, 3.63) is 65.8 Å². The molecule has 128 valence electrons. The molecule has 0 atom stereocenters. The molecule has 4 heterocycles. The molecule has 0 unspecified atom stereocenters. The van der Waals surface area contributed by atoms with Crippen molar-refractivity contribution in [1.29, 1.82) is 0 Å². The lowest BCUT2D eigenvalue weighted by Gasteiger charge is -2.04. The molecule has 0 aromatic carbocycles. The fourth-order valence-corrected chi connectivity index (χ4v) is 2.89. The minimum absolute atomic E-state index is 0.212. The summed E-state index contributed by atoms with van der Waals surface area (Å²) in [4.78, 5) is 25.0. The molecule has 1 amide bonds. The van der Waals surface area contributed by atoms with E-state index in [0.29, 0.717) is 22.3 Å². The van der Waals surface area contributed by atoms with Crippen molar-refractivity contribution < 1.29 is 9.18 Å². The number of carbonyl (C=O) groups excluding carboxylic acids is 1. The second-order valence-corrected chi connectivity index (χ2v) is 5.93. The van der Waals surface area contributed by atoms with Crippen molar-refractivity contribution in [2.24, 2.45) is 0 Å². The lowest BCUT2D eigenvalue weighted by Crippen LogP contribution is -2.17. The van der Waals surface area contributed by atoms with E-state index in [1.54, 1.807) is 29.8 Å². The summed E-state index contributed by atoms with van der Waals surface area (Å²) in [5.41, 5.74) is 1.08. The van der Waals surface area contributed by atoms with E-state index in [-0.39, 0.29) is 5.69 Å². The zero-order chi connectivity index (χ0) is 17.9. The minimum Gasteiger partial charge on any atom is -0.296 e. The first-order chi connectivity index (χ1) is 12.7. The third-order valence-corrected chi connectivity index (χ3v) is 4.11. The molecule has 10 heteroatoms. The molecule has 8 nitrogen and oxygen atoms in total. The molecular weight excluding hydrogens is 357 g/mol. The number of amides is 1. The van der Waals surface area contributed by atoms with Gasteiger partial charge in [-0.05, 0) is 18.2 Å². The summed E-state index contributed by atoms with van der Waals surface area (Å²) >= 11 is 1.21. The van der Waals surface area contributed by atoms with Crippen LogP contribution in [0.4, 0.5) is 9.52 Å². The van der Waals surface area contributed by atoms with Crippen LogP contribution in [0.15, 0.2) is 54.3 Å². The number of hydrogen-bond acceptors (Lipinski definition) is 7. The van der Waals surface area contributed by atoms with Crippen molar-refractivity contribution in [1.82, 2.24) is 29.9 Å². The highest BCUT2D eigenvalue weighted by atomic mass is 32.1. The van der Waals surface area contributed by atoms with Gasteiger partial charge in [0.2, 0.25) is 0 Å². The largest absolute Gasteiger partial charge is 0.296 e. The van der Waals surface area contributed by atoms with Crippen molar-refractivity contribution in [3.63, 3.8) is 0 Å². The van der Waals surface area contributed by atoms with Crippen LogP contribution in [0, 0.1) is 5.82 Å². The number of aromatic nitrogens is 6. The Balaban J connectivity index is 1.56. The van der Waals surface area contributed by atoms with Crippen LogP contribution in [0.5, 0.6) is 0 Å². The maximum atomic E-state index is 13.3. The first-order valence-electron chi connectivity index (χ1n) is 7.41. The molecule has 0 aliphatic heterocycles. The fraction of sp³-hybridized carbons (Fsp3) is 0. The van der Waals surface area contributed by atoms with E-state index >= 15 is 0 Å². The Labute approximate surface area is 150 Å². The molecule has 0 saturated heterocycles. The molecular formula is C16H10FN7OS. The Morgan fingerprint density at radius 3 is 2.88 bits per heavy atom. The zero-order valence-electron chi connectivity index (χ0n) is 13.1. The first kappa shape index (κ1) is 16.0. The van der Waals surface area contributed by atoms with Gasteiger partial charge in [0.15, 0.2) is 16.6 Å². The van der Waals surface area contributed by atoms with Gasteiger partial charge in [-0.3, -0.25) is 15.1 Å². The molecule has 4 rings (SSSR count). The van der Waals surface area contributed by atoms with Gasteiger partial charge >= 0.3 is 0 Å². The molecule has 26 heavy (non-hydrogen) atoms. The molecule has 0 spiro atoms. The Hall–Kier alpha value is -3.53. The van der Waals surface area contributed by atoms with Crippen molar-refractivity contribution in [3.8, 4) is 17.2 Å². The topological polar surface area (TPSA) is 98.5 Å². The van der Waals surface area contributed by atoms with Crippen LogP contribution >= 0.6 is 11.3 Å². The molecule has 1 N–H and O–H groups in total. The quantitative estimate of drug-likeness (QED) is 0.595. The van der Waals surface area contributed by atoms with E-state index in [4.69, 9.17) is 0 Å². The summed E-state index contributed by atoms with van der Waals surface area (Å²) < 4.78 is 14.6. The summed E-state index contributed by atoms with van der Waals surface area (Å²) in [7, 11) is 0. The second-order valence-electron chi connectivity index (χ2n) is 5.07. The SMILES string of the molecule is O=C(Nc1nc(-c2cc(F)ccn2)cs1)c1cnnn1-c1ccccn1. The smallest absolute Gasteiger partial charge is 0.277 e. The Morgan fingerprint density at radius 2 is 2.08 bits per heavy atom. The van der Waals surface area contributed by atoms with Gasteiger partial charge in [-0.15, -0.1) is 16.4 Å². The molecule has 0 aliphatic carbocycles. The van der Waals surface area contributed by atoms with E-state index < -0.39 is 11.7 Å². The molecule has 0 bridgehead atoms. The molecule has 0 saturated carbocycles. The maximum Gasteiger partial charge on any atom is 0.277 e. The van der Waals surface area contributed by atoms with E-state index in [9.17, 15) is 9.18 Å². The third kappa shape index (κ3) is 3.17. The number of halogens is 1. The number of hydrogen-bond donors (Lipinski definition) is 1. The van der Waals surface area contributed by atoms with E-state index in [0.717, 1.165) is 0 Å². The Bertz CT molecular complexity index is 1060. The first-order valence-corrected chi connectivity index (χ1v) is 8.29. The predicted octanol–water partition coefficient (Wildman–Crippen LogP) is 2.57. The number of carbonyl (C=O) groups is 1. The number of nitrogens with zero attached hydrogens (tertiary/aromatic N) is 6. The van der Waals surface area contributed by atoms with Gasteiger partial charge < -0.3 is 0 Å². The number of rotatable bonds is 4. The summed E-state index contributed by atoms with van der Waals surface area (Å²) in [6.07, 6.45) is 4.30. The average molecular weight is 367 g/mol. The minimum atomic E-state index is -0.436. The highest BCUT2D eigenvalue weighted by molar-refractivity contribution is 7.14. The molecule has 0 radical (unpaired) electrons. The van der Waals surface area contributed by atoms with Crippen LogP contribution in [-0.4, -0.2) is 35.9 Å². The molecule has 0 fully saturated rings. The van der Waals surface area contributed by atoms with Gasteiger partial charge in [-0.25, -0.2) is 14.4 Å². The summed E-state index contributed by atoms with van der Waals surface area (Å²) in [5.74, 6) is -0.369. The van der Waals surface area contributed by atoms with Gasteiger partial charge in [-0.1, -0.05) is 11.3 Å². The molecule has 0 aliphatic rings. The fourth-order valence-electron chi connectivity index (χ4n) is 2.19. The second kappa shape index (κ2) is 6.76. The number of anilines is 1. The van der Waals surface area contributed by atoms with Gasteiger partial charge in [0.1, 0.15) is 11.5 Å². The number of thiazole rings is 1. The standard InChI is InChI=1S/C16H10FN7OS/c17-10-4-6-18-11(7-10)12-9-26-16(21-12)22-15(25)13-8-20-23-24(13)14-3-1-2-5-19-14/h1-9H,(H,21,22,25). The number of nitrogens with one attached hydrogen (secondary N) is 1. The summed E-state index contributed by atoms with van der Waals surface area (Å²) in [5, 5.41) is 12.4. The van der Waals surface area contributed by atoms with Gasteiger partial charge in [0, 0.05) is 23.8 Å². The Morgan fingerprint density at radius 1 is 1.15 bits per heavy atom. The predicted molar refractivity (Wildman–Crippen MR) is 92.4 cm³/mol. The lowest BCUT2D eigenvalue weighted by molar-refractivity contribution is 0.101. The van der Waals surface area contributed by atoms with Crippen LogP contribution in [0.1, 0.15) is 10.5 Å². The van der Waals surface area contributed by atoms with Gasteiger partial charge in [0.25, 0.3) is 5.91 Å². The van der Waals surface area contributed by atoms with Crippen LogP contribution in [0.2, 0.25) is 0 Å². The van der Waals surface area contributed by atoms with Crippen molar-refractivity contribution in [2.45, 2.75) is 0 Å². The van der Waals surface area contributed by atoms with Gasteiger partial charge in [0.05, 0.1) is 11.9 Å². The van der Waals surface area contributed by atoms with Crippen molar-refractivity contribution >= 4 is 22.4 Å². The Kier molecular flexibility index (Phi) is 4.15. The highest BCUT2D eigenvalue weighted by Crippen LogP contribution is 2.24. The average Bonchev–Trinajstić information content (AvgIpc) is 3.32. The highest BCUT2D eigenvalue weighted by Gasteiger charge is 2.17. The molecule has 4 aromatic rings. The maximum absolute atomic E-state index is 13.3. The molecule has 4 aromatic heterocycles. The third-order valence-electron chi connectivity index (χ3n) is 3.36. The van der Waals surface area contributed by atoms with Crippen LogP contribution in [0.3, 0.4) is 0 Å². The zero-order valence-corrected chi connectivity index (χ0v) is 13.9. The lowest BCUT2D eigenvalue weighted by atomic mass is 10.3. The van der Waals surface area contributed by atoms with E-state index in [2.05, 4.69) is 30.6 Å². The van der Waals surface area contributed by atoms with Crippen LogP contribution in [0.25, 0.3) is 17.2 Å².